The summed E-state index contributed by atoms with van der Waals surface area (Å²) in [5.41, 5.74) is 1.56. The van der Waals surface area contributed by atoms with Gasteiger partial charge in [0.2, 0.25) is 5.91 Å². The summed E-state index contributed by atoms with van der Waals surface area (Å²) in [7, 11) is 0. The number of aromatic nitrogens is 6. The van der Waals surface area contributed by atoms with Gasteiger partial charge >= 0.3 is 0 Å². The topological polar surface area (TPSA) is 93.4 Å². The summed E-state index contributed by atoms with van der Waals surface area (Å²) in [4.78, 5) is 12.3. The third kappa shape index (κ3) is 3.57. The van der Waals surface area contributed by atoms with E-state index in [0.29, 0.717) is 10.5 Å². The van der Waals surface area contributed by atoms with Crippen molar-refractivity contribution in [1.29, 1.82) is 0 Å². The highest BCUT2D eigenvalue weighted by atomic mass is 32.1. The number of H-pyrrole nitrogens is 1. The molecule has 9 heteroatoms. The molecule has 0 aliphatic heterocycles. The zero-order valence-corrected chi connectivity index (χ0v) is 14.0. The van der Waals surface area contributed by atoms with Crippen molar-refractivity contribution in [3.8, 4) is 5.69 Å². The molecule has 2 N–H and O–H groups in total. The highest BCUT2D eigenvalue weighted by Crippen LogP contribution is 2.14. The van der Waals surface area contributed by atoms with E-state index in [2.05, 4.69) is 32.6 Å². The number of hydrogen-bond acceptors (Lipinski definition) is 5. The summed E-state index contributed by atoms with van der Waals surface area (Å²) in [6.07, 6.45) is 4.90. The van der Waals surface area contributed by atoms with E-state index in [4.69, 9.17) is 12.2 Å². The molecule has 124 valence electrons. The number of benzene rings is 1. The molecule has 3 rings (SSSR count). The van der Waals surface area contributed by atoms with Crippen LogP contribution in [-0.4, -0.2) is 35.4 Å². The lowest BCUT2D eigenvalue weighted by atomic mass is 10.2. The maximum atomic E-state index is 12.3. The van der Waals surface area contributed by atoms with Gasteiger partial charge in [-0.25, -0.2) is 0 Å². The van der Waals surface area contributed by atoms with Crippen LogP contribution in [0.3, 0.4) is 0 Å². The van der Waals surface area contributed by atoms with Crippen LogP contribution in [0.15, 0.2) is 36.9 Å². The van der Waals surface area contributed by atoms with E-state index < -0.39 is 0 Å². The van der Waals surface area contributed by atoms with Gasteiger partial charge in [0.15, 0.2) is 4.77 Å². The van der Waals surface area contributed by atoms with Gasteiger partial charge in [-0.15, -0.1) is 10.2 Å². The molecule has 2 heterocycles. The van der Waals surface area contributed by atoms with E-state index in [9.17, 15) is 4.79 Å². The maximum absolute atomic E-state index is 12.3. The summed E-state index contributed by atoms with van der Waals surface area (Å²) >= 11 is 5.19. The first kappa shape index (κ1) is 16.1. The maximum Gasteiger partial charge on any atom is 0.244 e. The Morgan fingerprint density at radius 3 is 2.88 bits per heavy atom. The van der Waals surface area contributed by atoms with Gasteiger partial charge in [0, 0.05) is 12.1 Å². The smallest absolute Gasteiger partial charge is 0.244 e. The molecule has 0 saturated carbocycles. The zero-order valence-electron chi connectivity index (χ0n) is 13.1. The van der Waals surface area contributed by atoms with Gasteiger partial charge in [0.25, 0.3) is 0 Å². The Bertz CT molecular complexity index is 881. The molecule has 1 aromatic carbocycles. The second-order valence-electron chi connectivity index (χ2n) is 5.25. The van der Waals surface area contributed by atoms with Crippen LogP contribution in [-0.2, 0) is 17.8 Å². The van der Waals surface area contributed by atoms with Crippen LogP contribution in [0.4, 0.5) is 5.69 Å². The van der Waals surface area contributed by atoms with Crippen molar-refractivity contribution in [2.24, 2.45) is 0 Å². The monoisotopic (exact) mass is 343 g/mol. The minimum absolute atomic E-state index is 0.127. The van der Waals surface area contributed by atoms with Gasteiger partial charge < -0.3 is 5.32 Å². The summed E-state index contributed by atoms with van der Waals surface area (Å²) in [5.74, 6) is 0.627. The van der Waals surface area contributed by atoms with Gasteiger partial charge in [0.05, 0.1) is 5.69 Å². The first-order valence-electron chi connectivity index (χ1n) is 7.56. The first-order chi connectivity index (χ1) is 11.7. The first-order valence-corrected chi connectivity index (χ1v) is 7.97. The summed E-state index contributed by atoms with van der Waals surface area (Å²) < 4.78 is 3.94. The van der Waals surface area contributed by atoms with Gasteiger partial charge in [-0.05, 0) is 36.8 Å². The van der Waals surface area contributed by atoms with E-state index in [0.717, 1.165) is 24.4 Å². The van der Waals surface area contributed by atoms with Crippen molar-refractivity contribution in [1.82, 2.24) is 29.5 Å². The molecule has 0 radical (unpaired) electrons. The molecular formula is C15H17N7OS. The van der Waals surface area contributed by atoms with E-state index >= 15 is 0 Å². The summed E-state index contributed by atoms with van der Waals surface area (Å²) in [5, 5.41) is 17.3. The minimum Gasteiger partial charge on any atom is -0.324 e. The van der Waals surface area contributed by atoms with Crippen LogP contribution in [0.5, 0.6) is 0 Å². The molecule has 0 aliphatic rings. The predicted molar refractivity (Wildman–Crippen MR) is 91.4 cm³/mol. The van der Waals surface area contributed by atoms with Crippen molar-refractivity contribution >= 4 is 23.8 Å². The fourth-order valence-corrected chi connectivity index (χ4v) is 2.57. The Labute approximate surface area is 143 Å². The molecule has 3 aromatic rings. The van der Waals surface area contributed by atoms with Crippen molar-refractivity contribution in [3.63, 3.8) is 0 Å². The third-order valence-corrected chi connectivity index (χ3v) is 3.77. The second-order valence-corrected chi connectivity index (χ2v) is 5.64. The molecule has 0 saturated heterocycles. The Balaban J connectivity index is 1.73. The predicted octanol–water partition coefficient (Wildman–Crippen LogP) is 2.11. The van der Waals surface area contributed by atoms with Crippen LogP contribution in [0.25, 0.3) is 5.69 Å². The second kappa shape index (κ2) is 7.18. The number of aromatic amines is 1. The molecule has 1 amide bonds. The lowest BCUT2D eigenvalue weighted by Gasteiger charge is -2.09. The van der Waals surface area contributed by atoms with Crippen LogP contribution < -0.4 is 5.32 Å². The Morgan fingerprint density at radius 2 is 2.12 bits per heavy atom. The Kier molecular flexibility index (Phi) is 4.80. The molecule has 24 heavy (non-hydrogen) atoms. The number of nitrogens with one attached hydrogen (secondary N) is 2. The molecule has 0 fully saturated rings. The number of anilines is 1. The number of rotatable bonds is 6. The van der Waals surface area contributed by atoms with Crippen molar-refractivity contribution in [3.05, 3.63) is 47.5 Å². The Morgan fingerprint density at radius 1 is 1.33 bits per heavy atom. The van der Waals surface area contributed by atoms with E-state index in [1.54, 1.807) is 21.8 Å². The number of amides is 1. The van der Waals surface area contributed by atoms with E-state index in [1.165, 1.54) is 0 Å². The zero-order chi connectivity index (χ0) is 16.9. The molecular weight excluding hydrogens is 326 g/mol. The SMILES string of the molecule is CCCc1n[nH]c(=S)n1CC(=O)Nc1cccc(-n2cnnc2)c1. The van der Waals surface area contributed by atoms with Gasteiger partial charge in [-0.1, -0.05) is 13.0 Å². The fourth-order valence-electron chi connectivity index (χ4n) is 2.35. The van der Waals surface area contributed by atoms with Gasteiger partial charge in [-0.2, -0.15) is 5.10 Å². The number of nitrogens with zero attached hydrogens (tertiary/aromatic N) is 5. The number of carbonyl (C=O) groups is 1. The van der Waals surface area contributed by atoms with Crippen LogP contribution in [0.1, 0.15) is 19.2 Å². The van der Waals surface area contributed by atoms with Crippen LogP contribution in [0.2, 0.25) is 0 Å². The average Bonchev–Trinajstić information content (AvgIpc) is 3.21. The largest absolute Gasteiger partial charge is 0.324 e. The quantitative estimate of drug-likeness (QED) is 0.669. The third-order valence-electron chi connectivity index (χ3n) is 3.46. The lowest BCUT2D eigenvalue weighted by Crippen LogP contribution is -2.20. The van der Waals surface area contributed by atoms with Crippen LogP contribution >= 0.6 is 12.2 Å². The summed E-state index contributed by atoms with van der Waals surface area (Å²) in [6, 6.07) is 7.44. The molecule has 0 bridgehead atoms. The number of aryl methyl sites for hydroxylation is 1. The standard InChI is InChI=1S/C15H17N7OS/c1-2-4-13-19-20-15(24)22(13)8-14(23)18-11-5-3-6-12(7-11)21-9-16-17-10-21/h3,5-7,9-10H,2,4,8H2,1H3,(H,18,23)(H,20,24). The molecule has 0 spiro atoms. The fraction of sp³-hybridized carbons (Fsp3) is 0.267. The van der Waals surface area contributed by atoms with Crippen molar-refractivity contribution < 1.29 is 4.79 Å². The van der Waals surface area contributed by atoms with E-state index in [-0.39, 0.29) is 12.5 Å². The van der Waals surface area contributed by atoms with Gasteiger partial charge in [0.1, 0.15) is 25.0 Å². The highest BCUT2D eigenvalue weighted by Gasteiger charge is 2.10. The molecule has 0 aliphatic carbocycles. The average molecular weight is 343 g/mol. The summed E-state index contributed by atoms with van der Waals surface area (Å²) in [6.45, 7) is 2.18. The molecule has 0 atom stereocenters. The van der Waals surface area contributed by atoms with Crippen LogP contribution in [0, 0.1) is 4.77 Å². The van der Waals surface area contributed by atoms with E-state index in [1.807, 2.05) is 24.3 Å². The minimum atomic E-state index is -0.161. The Hall–Kier alpha value is -2.81. The normalized spacial score (nSPS) is 10.7. The molecule has 2 aromatic heterocycles. The van der Waals surface area contributed by atoms with Crippen molar-refractivity contribution in [2.45, 2.75) is 26.3 Å². The molecule has 0 unspecified atom stereocenters. The molecule has 8 nitrogen and oxygen atoms in total. The van der Waals surface area contributed by atoms with Gasteiger partial charge in [-0.3, -0.25) is 19.0 Å². The lowest BCUT2D eigenvalue weighted by molar-refractivity contribution is -0.116. The number of hydrogen-bond donors (Lipinski definition) is 2. The number of carbonyl (C=O) groups excluding carboxylic acids is 1. The highest BCUT2D eigenvalue weighted by molar-refractivity contribution is 7.71. The van der Waals surface area contributed by atoms with Crippen molar-refractivity contribution in [2.75, 3.05) is 5.32 Å².